The second-order valence-corrected chi connectivity index (χ2v) is 5.59. The Morgan fingerprint density at radius 1 is 1.37 bits per heavy atom. The Bertz CT molecular complexity index is 650. The molecule has 0 spiro atoms. The number of esters is 1. The monoisotopic (exact) mass is 298 g/mol. The second kappa shape index (κ2) is 5.90. The highest BCUT2D eigenvalue weighted by molar-refractivity contribution is 7.16. The van der Waals surface area contributed by atoms with E-state index in [1.807, 2.05) is 0 Å². The Balaban J connectivity index is 1.94. The van der Waals surface area contributed by atoms with Gasteiger partial charge in [0.1, 0.15) is 13.2 Å². The van der Waals surface area contributed by atoms with Crippen LogP contribution in [-0.2, 0) is 22.7 Å². The fraction of sp³-hybridized carbons (Fsp3) is 0.167. The first-order chi connectivity index (χ1) is 9.04. The van der Waals surface area contributed by atoms with Gasteiger partial charge in [0.15, 0.2) is 0 Å². The van der Waals surface area contributed by atoms with Gasteiger partial charge in [-0.2, -0.15) is 0 Å². The molecule has 0 aliphatic rings. The van der Waals surface area contributed by atoms with Crippen molar-refractivity contribution < 1.29 is 9.53 Å². The van der Waals surface area contributed by atoms with Crippen LogP contribution in [0.4, 0.5) is 5.69 Å². The molecule has 2 heterocycles. The number of aromatic nitrogens is 1. The lowest BCUT2D eigenvalue weighted by molar-refractivity contribution is -0.145. The van der Waals surface area contributed by atoms with Gasteiger partial charge in [-0.3, -0.25) is 9.59 Å². The predicted octanol–water partition coefficient (Wildman–Crippen LogP) is 1.89. The van der Waals surface area contributed by atoms with E-state index in [9.17, 15) is 9.59 Å². The summed E-state index contributed by atoms with van der Waals surface area (Å²) in [6.07, 6.45) is 1.41. The van der Waals surface area contributed by atoms with E-state index in [1.165, 1.54) is 34.2 Å². The SMILES string of the molecule is Nc1ccc(=O)n(CC(=O)OCc2ccc(Cl)s2)c1. The van der Waals surface area contributed by atoms with Crippen LogP contribution in [0.2, 0.25) is 4.34 Å². The summed E-state index contributed by atoms with van der Waals surface area (Å²) in [5.41, 5.74) is 5.66. The minimum atomic E-state index is -0.503. The number of pyridine rings is 1. The van der Waals surface area contributed by atoms with Crippen molar-refractivity contribution in [3.63, 3.8) is 0 Å². The first-order valence-electron chi connectivity index (χ1n) is 5.40. The first-order valence-corrected chi connectivity index (χ1v) is 6.60. The summed E-state index contributed by atoms with van der Waals surface area (Å²) in [5.74, 6) is -0.503. The van der Waals surface area contributed by atoms with Crippen molar-refractivity contribution in [3.8, 4) is 0 Å². The maximum atomic E-state index is 11.6. The molecule has 2 aromatic rings. The molecule has 19 heavy (non-hydrogen) atoms. The van der Waals surface area contributed by atoms with Gasteiger partial charge >= 0.3 is 5.97 Å². The molecular weight excluding hydrogens is 288 g/mol. The third-order valence-corrected chi connectivity index (χ3v) is 3.51. The van der Waals surface area contributed by atoms with Gasteiger partial charge in [-0.15, -0.1) is 11.3 Å². The molecule has 0 aliphatic carbocycles. The van der Waals surface area contributed by atoms with Gasteiger partial charge < -0.3 is 15.0 Å². The quantitative estimate of drug-likeness (QED) is 0.875. The number of nitrogens with zero attached hydrogens (tertiary/aromatic N) is 1. The van der Waals surface area contributed by atoms with E-state index in [0.717, 1.165) is 4.88 Å². The number of anilines is 1. The third-order valence-electron chi connectivity index (χ3n) is 2.31. The van der Waals surface area contributed by atoms with Crippen LogP contribution in [0.25, 0.3) is 0 Å². The Kier molecular flexibility index (Phi) is 4.24. The number of rotatable bonds is 4. The maximum absolute atomic E-state index is 11.6. The fourth-order valence-corrected chi connectivity index (χ4v) is 2.44. The molecule has 2 rings (SSSR count). The Hall–Kier alpha value is -1.79. The molecule has 2 aromatic heterocycles. The normalized spacial score (nSPS) is 10.4. The topological polar surface area (TPSA) is 74.3 Å². The standard InChI is InChI=1S/C12H11ClN2O3S/c13-10-3-2-9(19-10)7-18-12(17)6-15-5-8(14)1-4-11(15)16/h1-5H,6-7,14H2. The van der Waals surface area contributed by atoms with E-state index < -0.39 is 5.97 Å². The van der Waals surface area contributed by atoms with Crippen LogP contribution in [0.1, 0.15) is 4.88 Å². The maximum Gasteiger partial charge on any atom is 0.326 e. The largest absolute Gasteiger partial charge is 0.459 e. The molecular formula is C12H11ClN2O3S. The van der Waals surface area contributed by atoms with Gasteiger partial charge in [0, 0.05) is 22.8 Å². The lowest BCUT2D eigenvalue weighted by Crippen LogP contribution is -2.24. The first kappa shape index (κ1) is 13.6. The predicted molar refractivity (Wildman–Crippen MR) is 74.2 cm³/mol. The van der Waals surface area contributed by atoms with E-state index in [2.05, 4.69) is 0 Å². The number of nitrogens with two attached hydrogens (primary N) is 1. The average Bonchev–Trinajstić information content (AvgIpc) is 2.77. The lowest BCUT2D eigenvalue weighted by Gasteiger charge is -2.06. The summed E-state index contributed by atoms with van der Waals surface area (Å²) >= 11 is 7.10. The summed E-state index contributed by atoms with van der Waals surface area (Å²) in [7, 11) is 0. The highest BCUT2D eigenvalue weighted by atomic mass is 35.5. The van der Waals surface area contributed by atoms with E-state index >= 15 is 0 Å². The van der Waals surface area contributed by atoms with Crippen LogP contribution in [-0.4, -0.2) is 10.5 Å². The summed E-state index contributed by atoms with van der Waals surface area (Å²) in [6, 6.07) is 6.31. The number of ether oxygens (including phenoxy) is 1. The van der Waals surface area contributed by atoms with Crippen molar-refractivity contribution >= 4 is 34.6 Å². The van der Waals surface area contributed by atoms with Crippen molar-refractivity contribution in [2.75, 3.05) is 5.73 Å². The Morgan fingerprint density at radius 3 is 2.84 bits per heavy atom. The Labute approximate surface area is 118 Å². The highest BCUT2D eigenvalue weighted by Gasteiger charge is 2.07. The third kappa shape index (κ3) is 3.84. The summed E-state index contributed by atoms with van der Waals surface area (Å²) in [4.78, 5) is 23.9. The van der Waals surface area contributed by atoms with Crippen molar-refractivity contribution in [3.05, 3.63) is 50.0 Å². The van der Waals surface area contributed by atoms with E-state index in [4.69, 9.17) is 22.1 Å². The van der Waals surface area contributed by atoms with Gasteiger partial charge in [0.05, 0.1) is 4.34 Å². The van der Waals surface area contributed by atoms with Crippen LogP contribution in [0.5, 0.6) is 0 Å². The molecule has 0 fully saturated rings. The summed E-state index contributed by atoms with van der Waals surface area (Å²) in [5, 5.41) is 0. The van der Waals surface area contributed by atoms with E-state index in [1.54, 1.807) is 12.1 Å². The van der Waals surface area contributed by atoms with E-state index in [0.29, 0.717) is 10.0 Å². The van der Waals surface area contributed by atoms with Gasteiger partial charge in [0.2, 0.25) is 0 Å². The van der Waals surface area contributed by atoms with Crippen molar-refractivity contribution in [1.82, 2.24) is 4.57 Å². The minimum absolute atomic E-state index is 0.146. The zero-order valence-electron chi connectivity index (χ0n) is 9.84. The molecule has 100 valence electrons. The smallest absolute Gasteiger partial charge is 0.326 e. The molecule has 7 heteroatoms. The highest BCUT2D eigenvalue weighted by Crippen LogP contribution is 2.21. The van der Waals surface area contributed by atoms with Gasteiger partial charge in [-0.05, 0) is 18.2 Å². The van der Waals surface area contributed by atoms with Crippen LogP contribution >= 0.6 is 22.9 Å². The number of thiophene rings is 1. The van der Waals surface area contributed by atoms with Crippen LogP contribution in [0, 0.1) is 0 Å². The van der Waals surface area contributed by atoms with Crippen molar-refractivity contribution in [2.24, 2.45) is 0 Å². The van der Waals surface area contributed by atoms with Gasteiger partial charge in [-0.1, -0.05) is 11.6 Å². The fourth-order valence-electron chi connectivity index (χ4n) is 1.44. The number of nitrogen functional groups attached to an aromatic ring is 1. The molecule has 0 aromatic carbocycles. The summed E-state index contributed by atoms with van der Waals surface area (Å²) < 4.78 is 6.90. The number of carbonyl (C=O) groups excluding carboxylic acids is 1. The number of carbonyl (C=O) groups is 1. The molecule has 2 N–H and O–H groups in total. The number of hydrogen-bond donors (Lipinski definition) is 1. The molecule has 0 bridgehead atoms. The zero-order chi connectivity index (χ0) is 13.8. The second-order valence-electron chi connectivity index (χ2n) is 3.80. The molecule has 0 saturated carbocycles. The van der Waals surface area contributed by atoms with Crippen LogP contribution in [0.3, 0.4) is 0 Å². The zero-order valence-corrected chi connectivity index (χ0v) is 11.4. The molecule has 5 nitrogen and oxygen atoms in total. The van der Waals surface area contributed by atoms with Crippen LogP contribution < -0.4 is 11.3 Å². The number of hydrogen-bond acceptors (Lipinski definition) is 5. The molecule has 0 aliphatic heterocycles. The summed E-state index contributed by atoms with van der Waals surface area (Å²) in [6.45, 7) is -0.0176. The number of halogens is 1. The lowest BCUT2D eigenvalue weighted by atomic mass is 10.4. The van der Waals surface area contributed by atoms with Crippen molar-refractivity contribution in [2.45, 2.75) is 13.2 Å². The molecule has 0 radical (unpaired) electrons. The molecule has 0 amide bonds. The molecule has 0 atom stereocenters. The van der Waals surface area contributed by atoms with Gasteiger partial charge in [0.25, 0.3) is 5.56 Å². The Morgan fingerprint density at radius 2 is 2.16 bits per heavy atom. The van der Waals surface area contributed by atoms with E-state index in [-0.39, 0.29) is 18.7 Å². The molecule has 0 unspecified atom stereocenters. The van der Waals surface area contributed by atoms with Gasteiger partial charge in [-0.25, -0.2) is 0 Å². The molecule has 0 saturated heterocycles. The van der Waals surface area contributed by atoms with Crippen LogP contribution in [0.15, 0.2) is 35.3 Å². The van der Waals surface area contributed by atoms with Crippen molar-refractivity contribution in [1.29, 1.82) is 0 Å². The average molecular weight is 299 g/mol. The minimum Gasteiger partial charge on any atom is -0.459 e.